The average molecular weight is 164 g/mol. The number of rotatable bonds is 2. The predicted molar refractivity (Wildman–Crippen MR) is 47.7 cm³/mol. The molecule has 1 N–H and O–H groups in total. The molecule has 0 unspecified atom stereocenters. The molecule has 62 valence electrons. The van der Waals surface area contributed by atoms with Gasteiger partial charge in [-0.3, -0.25) is 0 Å². The lowest BCUT2D eigenvalue weighted by Crippen LogP contribution is -2.51. The average Bonchev–Trinajstić information content (AvgIpc) is 1.60. The van der Waals surface area contributed by atoms with Gasteiger partial charge in [0.15, 0.2) is 0 Å². The molecule has 0 spiro atoms. The summed E-state index contributed by atoms with van der Waals surface area (Å²) in [4.78, 5) is 0. The fraction of sp³-hybridized carbons (Fsp3) is 1.00. The third-order valence-corrected chi connectivity index (χ3v) is 1.72. The van der Waals surface area contributed by atoms with Gasteiger partial charge in [-0.15, -0.1) is 11.6 Å². The molecular weight excluding hydrogens is 146 g/mol. The van der Waals surface area contributed by atoms with Crippen molar-refractivity contribution in [1.82, 2.24) is 5.32 Å². The van der Waals surface area contributed by atoms with Crippen molar-refractivity contribution in [3.63, 3.8) is 0 Å². The van der Waals surface area contributed by atoms with E-state index in [9.17, 15) is 0 Å². The molecule has 10 heavy (non-hydrogen) atoms. The summed E-state index contributed by atoms with van der Waals surface area (Å²) in [7, 11) is 0. The quantitative estimate of drug-likeness (QED) is 0.617. The maximum atomic E-state index is 5.74. The predicted octanol–water partition coefficient (Wildman–Crippen LogP) is 2.39. The minimum absolute atomic E-state index is 0.0415. The summed E-state index contributed by atoms with van der Waals surface area (Å²) in [6.07, 6.45) is 0. The van der Waals surface area contributed by atoms with Crippen molar-refractivity contribution in [2.45, 2.75) is 45.7 Å². The first-order chi connectivity index (χ1) is 4.27. The van der Waals surface area contributed by atoms with E-state index in [-0.39, 0.29) is 11.1 Å². The van der Waals surface area contributed by atoms with Crippen LogP contribution in [0.25, 0.3) is 0 Å². The van der Waals surface area contributed by atoms with Crippen LogP contribution in [0, 0.1) is 0 Å². The maximum absolute atomic E-state index is 5.74. The van der Waals surface area contributed by atoms with Gasteiger partial charge >= 0.3 is 0 Å². The third kappa shape index (κ3) is 5.07. The lowest BCUT2D eigenvalue weighted by Gasteiger charge is -2.33. The summed E-state index contributed by atoms with van der Waals surface area (Å²) < 4.78 is 0. The fourth-order valence-corrected chi connectivity index (χ4v) is 1.12. The molecule has 0 heterocycles. The number of hydrogen-bond donors (Lipinski definition) is 1. The van der Waals surface area contributed by atoms with Crippen molar-refractivity contribution < 1.29 is 0 Å². The van der Waals surface area contributed by atoms with Crippen molar-refractivity contribution in [2.75, 3.05) is 5.88 Å². The monoisotopic (exact) mass is 163 g/mol. The van der Waals surface area contributed by atoms with Crippen molar-refractivity contribution in [3.8, 4) is 0 Å². The molecule has 0 aliphatic carbocycles. The fourth-order valence-electron chi connectivity index (χ4n) is 1.05. The normalized spacial score (nSPS) is 13.8. The van der Waals surface area contributed by atoms with Crippen molar-refractivity contribution in [2.24, 2.45) is 0 Å². The largest absolute Gasteiger partial charge is 0.306 e. The van der Waals surface area contributed by atoms with Gasteiger partial charge in [0.05, 0.1) is 0 Å². The molecule has 0 aromatic carbocycles. The molecule has 0 amide bonds. The van der Waals surface area contributed by atoms with Crippen LogP contribution in [0.4, 0.5) is 0 Å². The van der Waals surface area contributed by atoms with E-state index in [4.69, 9.17) is 11.6 Å². The van der Waals surface area contributed by atoms with E-state index < -0.39 is 0 Å². The Morgan fingerprint density at radius 3 is 1.60 bits per heavy atom. The highest BCUT2D eigenvalue weighted by Gasteiger charge is 2.22. The van der Waals surface area contributed by atoms with Crippen LogP contribution in [0.1, 0.15) is 34.6 Å². The Hall–Kier alpha value is 0.250. The van der Waals surface area contributed by atoms with Crippen LogP contribution in [0.5, 0.6) is 0 Å². The van der Waals surface area contributed by atoms with Crippen LogP contribution in [-0.2, 0) is 0 Å². The first kappa shape index (κ1) is 10.2. The minimum Gasteiger partial charge on any atom is -0.306 e. The molecule has 0 saturated heterocycles. The highest BCUT2D eigenvalue weighted by Crippen LogP contribution is 2.11. The molecule has 0 atom stereocenters. The van der Waals surface area contributed by atoms with E-state index in [1.807, 2.05) is 0 Å². The number of alkyl halides is 1. The Morgan fingerprint density at radius 1 is 1.10 bits per heavy atom. The van der Waals surface area contributed by atoms with Crippen LogP contribution in [0.15, 0.2) is 0 Å². The zero-order valence-electron chi connectivity index (χ0n) is 7.59. The molecule has 0 rings (SSSR count). The molecule has 0 aliphatic rings. The first-order valence-electron chi connectivity index (χ1n) is 3.62. The minimum atomic E-state index is 0.0415. The van der Waals surface area contributed by atoms with Gasteiger partial charge in [0.25, 0.3) is 0 Å². The Labute approximate surface area is 69.1 Å². The van der Waals surface area contributed by atoms with Crippen molar-refractivity contribution in [1.29, 1.82) is 0 Å². The lowest BCUT2D eigenvalue weighted by atomic mass is 10.0. The number of nitrogens with one attached hydrogen (secondary N) is 1. The Balaban J connectivity index is 3.89. The Morgan fingerprint density at radius 2 is 1.50 bits per heavy atom. The molecule has 0 fully saturated rings. The second-order valence-electron chi connectivity index (χ2n) is 4.39. The smallest absolute Gasteiger partial charge is 0.0400 e. The van der Waals surface area contributed by atoms with Gasteiger partial charge in [-0.25, -0.2) is 0 Å². The number of hydrogen-bond acceptors (Lipinski definition) is 1. The van der Waals surface area contributed by atoms with Gasteiger partial charge in [0.1, 0.15) is 0 Å². The summed E-state index contributed by atoms with van der Waals surface area (Å²) in [5, 5.41) is 3.41. The molecule has 0 saturated carbocycles. The van der Waals surface area contributed by atoms with Crippen LogP contribution < -0.4 is 5.32 Å². The SMILES string of the molecule is CC(C)(C)NC(C)(C)CCl. The summed E-state index contributed by atoms with van der Waals surface area (Å²) in [6, 6.07) is 0. The summed E-state index contributed by atoms with van der Waals surface area (Å²) in [6.45, 7) is 10.6. The Bertz CT molecular complexity index is 102. The molecule has 0 radical (unpaired) electrons. The second kappa shape index (κ2) is 3.10. The second-order valence-corrected chi connectivity index (χ2v) is 4.66. The molecule has 0 bridgehead atoms. The van der Waals surface area contributed by atoms with E-state index in [2.05, 4.69) is 39.9 Å². The van der Waals surface area contributed by atoms with Gasteiger partial charge in [-0.1, -0.05) is 0 Å². The van der Waals surface area contributed by atoms with Gasteiger partial charge < -0.3 is 5.32 Å². The summed E-state index contributed by atoms with van der Waals surface area (Å²) >= 11 is 5.74. The van der Waals surface area contributed by atoms with E-state index in [1.54, 1.807) is 0 Å². The highest BCUT2D eigenvalue weighted by molar-refractivity contribution is 6.18. The van der Waals surface area contributed by atoms with E-state index >= 15 is 0 Å². The molecule has 0 aromatic heterocycles. The van der Waals surface area contributed by atoms with Crippen molar-refractivity contribution >= 4 is 11.6 Å². The zero-order valence-corrected chi connectivity index (χ0v) is 8.34. The summed E-state index contributed by atoms with van der Waals surface area (Å²) in [5.41, 5.74) is 0.193. The topological polar surface area (TPSA) is 12.0 Å². The highest BCUT2D eigenvalue weighted by atomic mass is 35.5. The molecular formula is C8H18ClN. The third-order valence-electron chi connectivity index (χ3n) is 1.05. The molecule has 0 aromatic rings. The van der Waals surface area contributed by atoms with Crippen molar-refractivity contribution in [3.05, 3.63) is 0 Å². The van der Waals surface area contributed by atoms with Gasteiger partial charge in [0.2, 0.25) is 0 Å². The standard InChI is InChI=1S/C8H18ClN/c1-7(2,3)10-8(4,5)6-9/h10H,6H2,1-5H3. The van der Waals surface area contributed by atoms with Gasteiger partial charge in [0, 0.05) is 17.0 Å². The molecule has 1 nitrogen and oxygen atoms in total. The van der Waals surface area contributed by atoms with E-state index in [1.165, 1.54) is 0 Å². The zero-order chi connectivity index (χ0) is 8.41. The molecule has 2 heteroatoms. The van der Waals surface area contributed by atoms with Crippen LogP contribution >= 0.6 is 11.6 Å². The van der Waals surface area contributed by atoms with Crippen LogP contribution in [0.3, 0.4) is 0 Å². The van der Waals surface area contributed by atoms with Crippen LogP contribution in [0.2, 0.25) is 0 Å². The van der Waals surface area contributed by atoms with E-state index in [0.717, 1.165) is 0 Å². The summed E-state index contributed by atoms with van der Waals surface area (Å²) in [5.74, 6) is 0.643. The first-order valence-corrected chi connectivity index (χ1v) is 4.16. The lowest BCUT2D eigenvalue weighted by molar-refractivity contribution is 0.306. The van der Waals surface area contributed by atoms with Gasteiger partial charge in [-0.2, -0.15) is 0 Å². The molecule has 0 aliphatic heterocycles. The number of halogens is 1. The van der Waals surface area contributed by atoms with Crippen LogP contribution in [-0.4, -0.2) is 17.0 Å². The van der Waals surface area contributed by atoms with Gasteiger partial charge in [-0.05, 0) is 34.6 Å². The van der Waals surface area contributed by atoms with E-state index in [0.29, 0.717) is 5.88 Å². The maximum Gasteiger partial charge on any atom is 0.0400 e. The Kier molecular flexibility index (Phi) is 3.18.